The van der Waals surface area contributed by atoms with Gasteiger partial charge in [0.1, 0.15) is 0 Å². The van der Waals surface area contributed by atoms with E-state index in [9.17, 15) is 13.2 Å². The Bertz CT molecular complexity index is 870. The molecular weight excluding hydrogens is 358 g/mol. The molecule has 2 aromatic carbocycles. The molecule has 0 saturated carbocycles. The highest BCUT2D eigenvalue weighted by molar-refractivity contribution is 7.92. The fraction of sp³-hybridized carbons (Fsp3) is 0.316. The molecule has 6 heteroatoms. The molecule has 0 amide bonds. The third-order valence-electron chi connectivity index (χ3n) is 4.68. The Morgan fingerprint density at radius 3 is 2.32 bits per heavy atom. The van der Waals surface area contributed by atoms with Crippen molar-refractivity contribution in [1.82, 2.24) is 0 Å². The summed E-state index contributed by atoms with van der Waals surface area (Å²) in [6.07, 6.45) is 1.93. The first-order chi connectivity index (χ1) is 11.9. The number of anilines is 1. The molecule has 0 N–H and O–H groups in total. The van der Waals surface area contributed by atoms with Gasteiger partial charge in [-0.3, -0.25) is 4.79 Å². The number of hydrogen-bond acceptors (Lipinski definition) is 4. The van der Waals surface area contributed by atoms with Crippen molar-refractivity contribution >= 4 is 33.4 Å². The number of aryl methyl sites for hydroxylation is 1. The summed E-state index contributed by atoms with van der Waals surface area (Å²) < 4.78 is 25.6. The first-order valence-electron chi connectivity index (χ1n) is 8.22. The molecule has 0 spiro atoms. The van der Waals surface area contributed by atoms with Gasteiger partial charge in [0, 0.05) is 29.4 Å². The molecule has 0 aliphatic carbocycles. The highest BCUT2D eigenvalue weighted by atomic mass is 35.5. The van der Waals surface area contributed by atoms with Crippen molar-refractivity contribution in [3.8, 4) is 0 Å². The second-order valence-electron chi connectivity index (χ2n) is 6.37. The van der Waals surface area contributed by atoms with E-state index in [-0.39, 0.29) is 0 Å². The third-order valence-corrected chi connectivity index (χ3v) is 7.21. The van der Waals surface area contributed by atoms with Crippen molar-refractivity contribution in [3.63, 3.8) is 0 Å². The number of benzene rings is 2. The van der Waals surface area contributed by atoms with E-state index in [0.717, 1.165) is 17.5 Å². The van der Waals surface area contributed by atoms with Gasteiger partial charge in [0.15, 0.2) is 16.1 Å². The Morgan fingerprint density at radius 1 is 1.08 bits per heavy atom. The Kier molecular flexibility index (Phi) is 5.16. The molecule has 1 heterocycles. The summed E-state index contributed by atoms with van der Waals surface area (Å²) in [5.41, 5.74) is 2.61. The molecule has 0 bridgehead atoms. The van der Waals surface area contributed by atoms with E-state index in [0.29, 0.717) is 41.4 Å². The summed E-state index contributed by atoms with van der Waals surface area (Å²) in [5, 5.41) is 0.115. The maximum Gasteiger partial charge on any atom is 0.181 e. The average molecular weight is 378 g/mol. The summed E-state index contributed by atoms with van der Waals surface area (Å²) in [4.78, 5) is 13.7. The molecule has 0 atom stereocenters. The van der Waals surface area contributed by atoms with Crippen molar-refractivity contribution in [2.24, 2.45) is 0 Å². The van der Waals surface area contributed by atoms with Gasteiger partial charge in [-0.05, 0) is 61.7 Å². The van der Waals surface area contributed by atoms with E-state index in [1.165, 1.54) is 0 Å². The van der Waals surface area contributed by atoms with Crippen LogP contribution in [0, 0.1) is 6.92 Å². The number of carbonyl (C=O) groups excluding carboxylic acids is 1. The molecule has 132 valence electrons. The average Bonchev–Trinajstić information content (AvgIpc) is 2.62. The van der Waals surface area contributed by atoms with Crippen molar-refractivity contribution in [3.05, 3.63) is 58.6 Å². The molecule has 25 heavy (non-hydrogen) atoms. The number of nitrogens with zero attached hydrogens (tertiary/aromatic N) is 1. The van der Waals surface area contributed by atoms with Crippen LogP contribution < -0.4 is 4.90 Å². The van der Waals surface area contributed by atoms with E-state index in [1.54, 1.807) is 24.3 Å². The number of hydrogen-bond donors (Lipinski definition) is 0. The molecule has 0 radical (unpaired) electrons. The van der Waals surface area contributed by atoms with E-state index in [4.69, 9.17) is 11.6 Å². The van der Waals surface area contributed by atoms with Gasteiger partial charge in [-0.2, -0.15) is 0 Å². The van der Waals surface area contributed by atoms with Crippen LogP contribution in [0.5, 0.6) is 0 Å². The van der Waals surface area contributed by atoms with E-state index < -0.39 is 15.1 Å². The molecule has 0 aromatic heterocycles. The van der Waals surface area contributed by atoms with Crippen LogP contribution in [-0.2, 0) is 9.84 Å². The SMILES string of the molecule is Cc1ccc(C=O)c(N2CCC(S(=O)(=O)c3ccc(Cl)cc3)CC2)c1. The summed E-state index contributed by atoms with van der Waals surface area (Å²) in [7, 11) is -3.36. The fourth-order valence-corrected chi connectivity index (χ4v) is 5.11. The van der Waals surface area contributed by atoms with E-state index >= 15 is 0 Å². The van der Waals surface area contributed by atoms with Crippen molar-refractivity contribution in [2.45, 2.75) is 29.9 Å². The largest absolute Gasteiger partial charge is 0.371 e. The second-order valence-corrected chi connectivity index (χ2v) is 9.03. The Hall–Kier alpha value is -1.85. The topological polar surface area (TPSA) is 54.5 Å². The number of carbonyl (C=O) groups is 1. The summed E-state index contributed by atoms with van der Waals surface area (Å²) in [6.45, 7) is 3.21. The monoisotopic (exact) mass is 377 g/mol. The number of rotatable bonds is 4. The zero-order chi connectivity index (χ0) is 18.0. The van der Waals surface area contributed by atoms with Gasteiger partial charge in [0.05, 0.1) is 10.1 Å². The number of piperidine rings is 1. The van der Waals surface area contributed by atoms with Crippen LogP contribution in [-0.4, -0.2) is 33.0 Å². The minimum absolute atomic E-state index is 0.319. The lowest BCUT2D eigenvalue weighted by molar-refractivity contribution is 0.112. The van der Waals surface area contributed by atoms with Gasteiger partial charge in [-0.1, -0.05) is 17.7 Å². The van der Waals surface area contributed by atoms with Gasteiger partial charge in [0.2, 0.25) is 0 Å². The molecule has 0 unspecified atom stereocenters. The molecule has 4 nitrogen and oxygen atoms in total. The first-order valence-corrected chi connectivity index (χ1v) is 10.1. The van der Waals surface area contributed by atoms with Crippen molar-refractivity contribution in [2.75, 3.05) is 18.0 Å². The predicted molar refractivity (Wildman–Crippen MR) is 100 cm³/mol. The minimum atomic E-state index is -3.36. The highest BCUT2D eigenvalue weighted by Crippen LogP contribution is 2.29. The molecule has 1 aliphatic heterocycles. The zero-order valence-corrected chi connectivity index (χ0v) is 15.6. The van der Waals surface area contributed by atoms with Crippen molar-refractivity contribution in [1.29, 1.82) is 0 Å². The Morgan fingerprint density at radius 2 is 1.72 bits per heavy atom. The van der Waals surface area contributed by atoms with Crippen molar-refractivity contribution < 1.29 is 13.2 Å². The number of sulfone groups is 1. The molecule has 1 aliphatic rings. The smallest absolute Gasteiger partial charge is 0.181 e. The molecule has 1 fully saturated rings. The summed E-state index contributed by atoms with van der Waals surface area (Å²) in [6, 6.07) is 12.0. The third kappa shape index (κ3) is 3.72. The first kappa shape index (κ1) is 18.0. The lowest BCUT2D eigenvalue weighted by atomic mass is 10.1. The molecule has 1 saturated heterocycles. The van der Waals surface area contributed by atoms with Gasteiger partial charge in [0.25, 0.3) is 0 Å². The lowest BCUT2D eigenvalue weighted by Gasteiger charge is -2.34. The zero-order valence-electron chi connectivity index (χ0n) is 14.0. The molecule has 3 rings (SSSR count). The van der Waals surface area contributed by atoms with Crippen LogP contribution in [0.15, 0.2) is 47.4 Å². The van der Waals surface area contributed by atoms with Crippen LogP contribution in [0.2, 0.25) is 5.02 Å². The van der Waals surface area contributed by atoms with Gasteiger partial charge in [-0.25, -0.2) is 8.42 Å². The Labute approximate surface area is 153 Å². The van der Waals surface area contributed by atoms with Crippen LogP contribution >= 0.6 is 11.6 Å². The van der Waals surface area contributed by atoms with Crippen LogP contribution in [0.1, 0.15) is 28.8 Å². The second kappa shape index (κ2) is 7.18. The summed E-state index contributed by atoms with van der Waals surface area (Å²) in [5.74, 6) is 0. The predicted octanol–water partition coefficient (Wildman–Crippen LogP) is 3.90. The van der Waals surface area contributed by atoms with Gasteiger partial charge < -0.3 is 4.90 Å². The van der Waals surface area contributed by atoms with Gasteiger partial charge in [-0.15, -0.1) is 0 Å². The quantitative estimate of drug-likeness (QED) is 0.758. The molecular formula is C19H20ClNO3S. The van der Waals surface area contributed by atoms with Crippen LogP contribution in [0.3, 0.4) is 0 Å². The Balaban J connectivity index is 1.77. The minimum Gasteiger partial charge on any atom is -0.371 e. The highest BCUT2D eigenvalue weighted by Gasteiger charge is 2.31. The molecule has 2 aromatic rings. The lowest BCUT2D eigenvalue weighted by Crippen LogP contribution is -2.39. The van der Waals surface area contributed by atoms with Gasteiger partial charge >= 0.3 is 0 Å². The maximum atomic E-state index is 12.8. The van der Waals surface area contributed by atoms with Crippen LogP contribution in [0.25, 0.3) is 0 Å². The number of aldehydes is 1. The van der Waals surface area contributed by atoms with E-state index in [2.05, 4.69) is 4.90 Å². The number of halogens is 1. The van der Waals surface area contributed by atoms with Crippen LogP contribution in [0.4, 0.5) is 5.69 Å². The fourth-order valence-electron chi connectivity index (χ4n) is 3.25. The standard InChI is InChI=1S/C19H20ClNO3S/c1-14-2-3-15(13-22)19(12-14)21-10-8-18(9-11-21)25(23,24)17-6-4-16(20)5-7-17/h2-7,12-13,18H,8-11H2,1H3. The van der Waals surface area contributed by atoms with E-state index in [1.807, 2.05) is 25.1 Å². The summed E-state index contributed by atoms with van der Waals surface area (Å²) >= 11 is 5.85. The maximum absolute atomic E-state index is 12.8. The normalized spacial score (nSPS) is 16.0.